The van der Waals surface area contributed by atoms with Crippen molar-refractivity contribution in [2.75, 3.05) is 5.32 Å². The molecule has 0 radical (unpaired) electrons. The van der Waals surface area contributed by atoms with Crippen LogP contribution in [0.1, 0.15) is 50.2 Å². The van der Waals surface area contributed by atoms with Crippen molar-refractivity contribution in [2.24, 2.45) is 0 Å². The number of hydrogen-bond donors (Lipinski definition) is 1. The summed E-state index contributed by atoms with van der Waals surface area (Å²) in [6.45, 7) is 6.30. The predicted molar refractivity (Wildman–Crippen MR) is 107 cm³/mol. The molecule has 3 rings (SSSR count). The van der Waals surface area contributed by atoms with Crippen LogP contribution in [0.3, 0.4) is 0 Å². The maximum atomic E-state index is 12.5. The number of aromatic nitrogens is 2. The van der Waals surface area contributed by atoms with Crippen molar-refractivity contribution in [1.29, 1.82) is 0 Å². The summed E-state index contributed by atoms with van der Waals surface area (Å²) in [6, 6.07) is 12.2. The van der Waals surface area contributed by atoms with E-state index >= 15 is 0 Å². The second-order valence-corrected chi connectivity index (χ2v) is 6.92. The second-order valence-electron chi connectivity index (χ2n) is 6.92. The summed E-state index contributed by atoms with van der Waals surface area (Å²) in [7, 11) is 0. The Morgan fingerprint density at radius 3 is 2.69 bits per heavy atom. The average molecular weight is 349 g/mol. The number of nitrogens with one attached hydrogen (secondary N) is 1. The van der Waals surface area contributed by atoms with Gasteiger partial charge < -0.3 is 5.32 Å². The zero-order chi connectivity index (χ0) is 18.5. The van der Waals surface area contributed by atoms with E-state index in [9.17, 15) is 4.79 Å². The molecule has 0 atom stereocenters. The van der Waals surface area contributed by atoms with Crippen molar-refractivity contribution in [1.82, 2.24) is 9.38 Å². The van der Waals surface area contributed by atoms with Crippen molar-refractivity contribution in [3.8, 4) is 11.3 Å². The number of carbonyl (C=O) groups is 1. The van der Waals surface area contributed by atoms with E-state index in [1.807, 2.05) is 41.8 Å². The van der Waals surface area contributed by atoms with Gasteiger partial charge in [0.25, 0.3) is 0 Å². The Bertz CT molecular complexity index is 911. The van der Waals surface area contributed by atoms with Gasteiger partial charge in [-0.05, 0) is 43.5 Å². The van der Waals surface area contributed by atoms with Gasteiger partial charge in [0.2, 0.25) is 5.91 Å². The number of imidazole rings is 1. The third-order valence-electron chi connectivity index (χ3n) is 4.70. The largest absolute Gasteiger partial charge is 0.310 e. The first kappa shape index (κ1) is 18.2. The number of hydrogen-bond acceptors (Lipinski definition) is 2. The molecule has 0 aliphatic rings. The number of amides is 1. The number of fused-ring (bicyclic) bond motifs is 1. The minimum atomic E-state index is 0.0540. The minimum absolute atomic E-state index is 0.0540. The molecule has 0 bridgehead atoms. The molecular formula is C22H27N3O. The summed E-state index contributed by atoms with van der Waals surface area (Å²) < 4.78 is 1.97. The van der Waals surface area contributed by atoms with E-state index in [1.165, 1.54) is 12.8 Å². The summed E-state index contributed by atoms with van der Waals surface area (Å²) >= 11 is 0. The Morgan fingerprint density at radius 2 is 1.92 bits per heavy atom. The van der Waals surface area contributed by atoms with E-state index in [0.717, 1.165) is 46.7 Å². The van der Waals surface area contributed by atoms with Crippen LogP contribution in [0.4, 0.5) is 5.82 Å². The predicted octanol–water partition coefficient (Wildman–Crippen LogP) is 5.53. The molecule has 2 aromatic heterocycles. The Morgan fingerprint density at radius 1 is 1.12 bits per heavy atom. The zero-order valence-corrected chi connectivity index (χ0v) is 15.9. The first-order valence-corrected chi connectivity index (χ1v) is 9.44. The monoisotopic (exact) mass is 349 g/mol. The Kier molecular flexibility index (Phi) is 5.71. The second kappa shape index (κ2) is 8.17. The average Bonchev–Trinajstić information content (AvgIpc) is 2.96. The summed E-state index contributed by atoms with van der Waals surface area (Å²) in [5.74, 6) is 0.813. The van der Waals surface area contributed by atoms with E-state index in [4.69, 9.17) is 4.98 Å². The fourth-order valence-corrected chi connectivity index (χ4v) is 3.20. The van der Waals surface area contributed by atoms with Gasteiger partial charge in [0.15, 0.2) is 0 Å². The summed E-state index contributed by atoms with van der Waals surface area (Å²) in [5.41, 5.74) is 5.03. The molecule has 3 aromatic rings. The number of unbranched alkanes of at least 4 members (excludes halogenated alkanes) is 3. The summed E-state index contributed by atoms with van der Waals surface area (Å²) in [6.07, 6.45) is 6.90. The molecule has 4 nitrogen and oxygen atoms in total. The van der Waals surface area contributed by atoms with E-state index in [1.54, 1.807) is 0 Å². The summed E-state index contributed by atoms with van der Waals surface area (Å²) in [4.78, 5) is 17.3. The Balaban J connectivity index is 1.95. The van der Waals surface area contributed by atoms with Gasteiger partial charge >= 0.3 is 0 Å². The van der Waals surface area contributed by atoms with E-state index < -0.39 is 0 Å². The maximum absolute atomic E-state index is 12.5. The molecule has 0 fully saturated rings. The molecule has 0 unspecified atom stereocenters. The van der Waals surface area contributed by atoms with Crippen molar-refractivity contribution in [2.45, 2.75) is 52.9 Å². The number of aryl methyl sites for hydroxylation is 2. The van der Waals surface area contributed by atoms with Gasteiger partial charge in [0, 0.05) is 18.2 Å². The van der Waals surface area contributed by atoms with E-state index in [0.29, 0.717) is 6.42 Å². The van der Waals surface area contributed by atoms with Crippen molar-refractivity contribution < 1.29 is 4.79 Å². The minimum Gasteiger partial charge on any atom is -0.310 e. The van der Waals surface area contributed by atoms with Crippen molar-refractivity contribution in [3.63, 3.8) is 0 Å². The lowest BCUT2D eigenvalue weighted by molar-refractivity contribution is -0.116. The lowest BCUT2D eigenvalue weighted by atomic mass is 10.1. The maximum Gasteiger partial charge on any atom is 0.225 e. The summed E-state index contributed by atoms with van der Waals surface area (Å²) in [5, 5.41) is 3.12. The standard InChI is InChI=1S/C22H27N3O/c1-4-5-6-7-12-20(26)24-22-21(18-11-9-8-10-17(18)3)23-19-15-16(2)13-14-25(19)22/h8-11,13-15H,4-7,12H2,1-3H3,(H,24,26). The van der Waals surface area contributed by atoms with Gasteiger partial charge in [-0.1, -0.05) is 50.5 Å². The van der Waals surface area contributed by atoms with Gasteiger partial charge in [0.05, 0.1) is 0 Å². The van der Waals surface area contributed by atoms with E-state index in [-0.39, 0.29) is 5.91 Å². The first-order chi connectivity index (χ1) is 12.6. The lowest BCUT2D eigenvalue weighted by Gasteiger charge is -2.09. The SMILES string of the molecule is CCCCCCC(=O)Nc1c(-c2ccccc2C)nc2cc(C)ccn12. The Hall–Kier alpha value is -2.62. The third-order valence-corrected chi connectivity index (χ3v) is 4.70. The fraction of sp³-hybridized carbons (Fsp3) is 0.364. The fourth-order valence-electron chi connectivity index (χ4n) is 3.20. The Labute approximate surface area is 155 Å². The van der Waals surface area contributed by atoms with Crippen LogP contribution < -0.4 is 5.32 Å². The number of benzene rings is 1. The quantitative estimate of drug-likeness (QED) is 0.570. The molecule has 136 valence electrons. The molecule has 1 aromatic carbocycles. The molecular weight excluding hydrogens is 322 g/mol. The van der Waals surface area contributed by atoms with Gasteiger partial charge in [-0.25, -0.2) is 4.98 Å². The van der Waals surface area contributed by atoms with Crippen LogP contribution in [-0.2, 0) is 4.79 Å². The zero-order valence-electron chi connectivity index (χ0n) is 15.9. The van der Waals surface area contributed by atoms with Crippen LogP contribution in [-0.4, -0.2) is 15.3 Å². The molecule has 0 aliphatic heterocycles. The molecule has 4 heteroatoms. The molecule has 0 saturated carbocycles. The highest BCUT2D eigenvalue weighted by Gasteiger charge is 2.17. The van der Waals surface area contributed by atoms with Crippen LogP contribution in [0.15, 0.2) is 42.6 Å². The number of anilines is 1. The van der Waals surface area contributed by atoms with Crippen LogP contribution in [0, 0.1) is 13.8 Å². The third kappa shape index (κ3) is 3.96. The van der Waals surface area contributed by atoms with Crippen LogP contribution in [0.5, 0.6) is 0 Å². The lowest BCUT2D eigenvalue weighted by Crippen LogP contribution is -2.13. The van der Waals surface area contributed by atoms with Gasteiger partial charge in [-0.2, -0.15) is 0 Å². The van der Waals surface area contributed by atoms with Crippen LogP contribution in [0.2, 0.25) is 0 Å². The highest BCUT2D eigenvalue weighted by Crippen LogP contribution is 2.31. The first-order valence-electron chi connectivity index (χ1n) is 9.44. The van der Waals surface area contributed by atoms with E-state index in [2.05, 4.69) is 31.3 Å². The molecule has 0 spiro atoms. The molecule has 26 heavy (non-hydrogen) atoms. The number of rotatable bonds is 7. The van der Waals surface area contributed by atoms with Gasteiger partial charge in [0.1, 0.15) is 17.2 Å². The topological polar surface area (TPSA) is 46.4 Å². The van der Waals surface area contributed by atoms with Crippen LogP contribution >= 0.6 is 0 Å². The molecule has 0 aliphatic carbocycles. The molecule has 0 saturated heterocycles. The number of nitrogens with zero attached hydrogens (tertiary/aromatic N) is 2. The van der Waals surface area contributed by atoms with Gasteiger partial charge in [-0.3, -0.25) is 9.20 Å². The normalized spacial score (nSPS) is 11.0. The number of pyridine rings is 1. The van der Waals surface area contributed by atoms with Crippen molar-refractivity contribution in [3.05, 3.63) is 53.7 Å². The van der Waals surface area contributed by atoms with Crippen LogP contribution in [0.25, 0.3) is 16.9 Å². The molecule has 1 N–H and O–H groups in total. The molecule has 1 amide bonds. The van der Waals surface area contributed by atoms with Gasteiger partial charge in [-0.15, -0.1) is 0 Å². The molecule has 2 heterocycles. The van der Waals surface area contributed by atoms with Crippen molar-refractivity contribution >= 4 is 17.4 Å². The smallest absolute Gasteiger partial charge is 0.225 e. The number of carbonyl (C=O) groups excluding carboxylic acids is 1. The highest BCUT2D eigenvalue weighted by atomic mass is 16.1. The highest BCUT2D eigenvalue weighted by molar-refractivity contribution is 5.95.